The van der Waals surface area contributed by atoms with Gasteiger partial charge in [-0.3, -0.25) is 9.59 Å². The number of nitrogens with zero attached hydrogens (tertiary/aromatic N) is 2. The van der Waals surface area contributed by atoms with Crippen molar-refractivity contribution in [2.24, 2.45) is 0 Å². The van der Waals surface area contributed by atoms with Crippen LogP contribution in [0.15, 0.2) is 0 Å². The minimum absolute atomic E-state index is 0.319. The molecule has 0 aromatic rings. The average Bonchev–Trinajstić information content (AvgIpc) is 2.77. The van der Waals surface area contributed by atoms with E-state index >= 15 is 0 Å². The Balaban J connectivity index is 3.04. The molecular formula is C13H24N2O5. The van der Waals surface area contributed by atoms with Gasteiger partial charge in [0.2, 0.25) is 0 Å². The zero-order valence-corrected chi connectivity index (χ0v) is 13.0. The molecular weight excluding hydrogens is 264 g/mol. The van der Waals surface area contributed by atoms with Gasteiger partial charge in [0, 0.05) is 41.2 Å². The first-order valence-corrected chi connectivity index (χ1v) is 6.70. The second-order valence-corrected chi connectivity index (χ2v) is 5.01. The number of ether oxygens (including phenoxy) is 3. The number of likely N-dealkylation sites (N-methyl/N-ethyl adjacent to an activating group) is 2. The monoisotopic (exact) mass is 288 g/mol. The molecule has 116 valence electrons. The molecule has 0 aromatic heterocycles. The highest BCUT2D eigenvalue weighted by Gasteiger charge is 2.54. The fraction of sp³-hybridized carbons (Fsp3) is 0.846. The van der Waals surface area contributed by atoms with Crippen LogP contribution in [0.2, 0.25) is 0 Å². The van der Waals surface area contributed by atoms with Crippen LogP contribution in [-0.4, -0.2) is 74.6 Å². The first-order chi connectivity index (χ1) is 9.28. The maximum Gasteiger partial charge on any atom is 0.284 e. The van der Waals surface area contributed by atoms with Gasteiger partial charge in [0.25, 0.3) is 17.8 Å². The van der Waals surface area contributed by atoms with E-state index in [0.29, 0.717) is 13.0 Å². The van der Waals surface area contributed by atoms with Gasteiger partial charge in [-0.25, -0.2) is 0 Å². The molecule has 0 aliphatic carbocycles. The van der Waals surface area contributed by atoms with E-state index in [1.807, 2.05) is 6.92 Å². The molecule has 1 aliphatic heterocycles. The van der Waals surface area contributed by atoms with E-state index in [1.54, 1.807) is 35.1 Å². The van der Waals surface area contributed by atoms with E-state index in [2.05, 4.69) is 0 Å². The lowest BCUT2D eigenvalue weighted by Gasteiger charge is -2.26. The molecule has 1 rings (SSSR count). The summed E-state index contributed by atoms with van der Waals surface area (Å²) in [6.45, 7) is 3.98. The van der Waals surface area contributed by atoms with Crippen LogP contribution in [0.4, 0.5) is 0 Å². The molecule has 0 aromatic carbocycles. The van der Waals surface area contributed by atoms with Crippen LogP contribution in [0, 0.1) is 0 Å². The van der Waals surface area contributed by atoms with Crippen molar-refractivity contribution in [1.29, 1.82) is 0 Å². The van der Waals surface area contributed by atoms with E-state index < -0.39 is 18.2 Å². The van der Waals surface area contributed by atoms with Crippen molar-refractivity contribution in [3.05, 3.63) is 0 Å². The molecule has 7 nitrogen and oxygen atoms in total. The predicted molar refractivity (Wildman–Crippen MR) is 71.8 cm³/mol. The average molecular weight is 288 g/mol. The minimum Gasteiger partial charge on any atom is -0.346 e. The third-order valence-electron chi connectivity index (χ3n) is 3.05. The maximum atomic E-state index is 12.2. The van der Waals surface area contributed by atoms with Gasteiger partial charge >= 0.3 is 0 Å². The van der Waals surface area contributed by atoms with Crippen molar-refractivity contribution in [3.8, 4) is 0 Å². The van der Waals surface area contributed by atoms with Crippen molar-refractivity contribution in [1.82, 2.24) is 9.80 Å². The molecule has 0 saturated carbocycles. The Bertz CT molecular complexity index is 342. The van der Waals surface area contributed by atoms with Crippen LogP contribution in [0.3, 0.4) is 0 Å². The molecule has 20 heavy (non-hydrogen) atoms. The molecule has 2 amide bonds. The smallest absolute Gasteiger partial charge is 0.284 e. The lowest BCUT2D eigenvalue weighted by atomic mass is 10.1. The molecule has 0 radical (unpaired) electrons. The fourth-order valence-electron chi connectivity index (χ4n) is 1.96. The standard InChI is InChI=1S/C13H24N2O5/c1-7-13(18-8-2)19-9(11(16)14(3)4)10(20-13)12(17)15(5)6/h9-10H,7-8H2,1-6H3/t9-,10-/m1/s1. The Kier molecular flexibility index (Phi) is 5.50. The Labute approximate surface area is 119 Å². The van der Waals surface area contributed by atoms with E-state index in [1.165, 1.54) is 9.80 Å². The molecule has 1 heterocycles. The molecule has 2 atom stereocenters. The van der Waals surface area contributed by atoms with Crippen molar-refractivity contribution in [2.75, 3.05) is 34.8 Å². The van der Waals surface area contributed by atoms with Crippen LogP contribution in [0.5, 0.6) is 0 Å². The minimum atomic E-state index is -1.33. The number of carbonyl (C=O) groups excluding carboxylic acids is 2. The second-order valence-electron chi connectivity index (χ2n) is 5.01. The predicted octanol–water partition coefficient (Wildman–Crippen LogP) is 0.0471. The van der Waals surface area contributed by atoms with Crippen LogP contribution < -0.4 is 0 Å². The summed E-state index contributed by atoms with van der Waals surface area (Å²) in [5.41, 5.74) is 0. The second kappa shape index (κ2) is 6.51. The van der Waals surface area contributed by atoms with Crippen LogP contribution in [0.25, 0.3) is 0 Å². The summed E-state index contributed by atoms with van der Waals surface area (Å²) in [5.74, 6) is -1.97. The topological polar surface area (TPSA) is 68.3 Å². The molecule has 1 fully saturated rings. The molecule has 0 bridgehead atoms. The number of carbonyl (C=O) groups is 2. The lowest BCUT2D eigenvalue weighted by Crippen LogP contribution is -2.47. The molecule has 0 spiro atoms. The van der Waals surface area contributed by atoms with E-state index in [0.717, 1.165) is 0 Å². The number of rotatable bonds is 5. The van der Waals surface area contributed by atoms with Gasteiger partial charge in [0.05, 0.1) is 0 Å². The van der Waals surface area contributed by atoms with E-state index in [4.69, 9.17) is 14.2 Å². The normalized spacial score (nSPS) is 24.5. The number of hydrogen-bond acceptors (Lipinski definition) is 5. The van der Waals surface area contributed by atoms with Crippen LogP contribution in [-0.2, 0) is 23.8 Å². The van der Waals surface area contributed by atoms with E-state index in [9.17, 15) is 9.59 Å². The molecule has 0 unspecified atom stereocenters. The Morgan fingerprint density at radius 2 is 1.40 bits per heavy atom. The quantitative estimate of drug-likeness (QED) is 0.715. The van der Waals surface area contributed by atoms with Crippen molar-refractivity contribution >= 4 is 11.8 Å². The molecule has 7 heteroatoms. The fourth-order valence-corrected chi connectivity index (χ4v) is 1.96. The molecule has 1 saturated heterocycles. The largest absolute Gasteiger partial charge is 0.346 e. The SMILES string of the molecule is CCOC1(CC)O[C@@H](C(=O)N(C)C)[C@H](C(=O)N(C)C)O1. The molecule has 0 N–H and O–H groups in total. The summed E-state index contributed by atoms with van der Waals surface area (Å²) >= 11 is 0. The van der Waals surface area contributed by atoms with Crippen molar-refractivity contribution in [3.63, 3.8) is 0 Å². The van der Waals surface area contributed by atoms with Gasteiger partial charge in [0.1, 0.15) is 0 Å². The van der Waals surface area contributed by atoms with Crippen molar-refractivity contribution in [2.45, 2.75) is 38.4 Å². The highest BCUT2D eigenvalue weighted by atomic mass is 16.9. The number of amides is 2. The highest BCUT2D eigenvalue weighted by molar-refractivity contribution is 5.91. The summed E-state index contributed by atoms with van der Waals surface area (Å²) in [7, 11) is 6.43. The summed E-state index contributed by atoms with van der Waals surface area (Å²) in [4.78, 5) is 27.1. The van der Waals surface area contributed by atoms with Gasteiger partial charge in [-0.05, 0) is 6.92 Å². The zero-order chi connectivity index (χ0) is 15.5. The van der Waals surface area contributed by atoms with Gasteiger partial charge in [-0.2, -0.15) is 0 Å². The Morgan fingerprint density at radius 3 is 1.65 bits per heavy atom. The maximum absolute atomic E-state index is 12.2. The van der Waals surface area contributed by atoms with E-state index in [-0.39, 0.29) is 11.8 Å². The summed E-state index contributed by atoms with van der Waals surface area (Å²) in [6, 6.07) is 0. The summed E-state index contributed by atoms with van der Waals surface area (Å²) < 4.78 is 16.8. The highest BCUT2D eigenvalue weighted by Crippen LogP contribution is 2.34. The Hall–Kier alpha value is -1.18. The zero-order valence-electron chi connectivity index (χ0n) is 13.0. The number of hydrogen-bond donors (Lipinski definition) is 0. The Morgan fingerprint density at radius 1 is 1.00 bits per heavy atom. The third-order valence-corrected chi connectivity index (χ3v) is 3.05. The first-order valence-electron chi connectivity index (χ1n) is 6.70. The third kappa shape index (κ3) is 3.28. The summed E-state index contributed by atoms with van der Waals surface area (Å²) in [5, 5.41) is 0. The van der Waals surface area contributed by atoms with Crippen molar-refractivity contribution < 1.29 is 23.8 Å². The van der Waals surface area contributed by atoms with Gasteiger partial charge in [-0.15, -0.1) is 0 Å². The summed E-state index contributed by atoms with van der Waals surface area (Å²) in [6.07, 6.45) is -1.60. The van der Waals surface area contributed by atoms with Gasteiger partial charge in [-0.1, -0.05) is 6.92 Å². The van der Waals surface area contributed by atoms with Gasteiger partial charge in [0.15, 0.2) is 12.2 Å². The first kappa shape index (κ1) is 16.9. The van der Waals surface area contributed by atoms with Crippen LogP contribution >= 0.6 is 0 Å². The van der Waals surface area contributed by atoms with Gasteiger partial charge < -0.3 is 24.0 Å². The lowest BCUT2D eigenvalue weighted by molar-refractivity contribution is -0.338. The van der Waals surface area contributed by atoms with Crippen LogP contribution in [0.1, 0.15) is 20.3 Å². The molecule has 1 aliphatic rings.